The minimum Gasteiger partial charge on any atom is -0.383 e. The van der Waals surface area contributed by atoms with E-state index in [2.05, 4.69) is 4.74 Å². The van der Waals surface area contributed by atoms with Gasteiger partial charge < -0.3 is 15.4 Å². The second-order valence-corrected chi connectivity index (χ2v) is 3.19. The number of amides is 1. The minimum atomic E-state index is -4.26. The largest absolute Gasteiger partial charge is 0.390 e. The molecular formula is C8H15F3N2O2. The molecule has 0 fully saturated rings. The van der Waals surface area contributed by atoms with Crippen molar-refractivity contribution in [2.24, 2.45) is 5.73 Å². The number of hydrogen-bond acceptors (Lipinski definition) is 3. The van der Waals surface area contributed by atoms with Gasteiger partial charge in [-0.05, 0) is 0 Å². The molecule has 0 radical (unpaired) electrons. The molecule has 0 aliphatic heterocycles. The lowest BCUT2D eigenvalue weighted by Gasteiger charge is -2.21. The van der Waals surface area contributed by atoms with E-state index in [-0.39, 0.29) is 13.2 Å². The van der Waals surface area contributed by atoms with Gasteiger partial charge in [0.2, 0.25) is 5.91 Å². The Hall–Kier alpha value is -0.820. The standard InChI is InChI=1S/C8H15F3N2O2/c1-13(4-3-8(9,10)11)7(14)6(12)5-15-2/h6H,3-5,12H2,1-2H3. The van der Waals surface area contributed by atoms with Crippen LogP contribution in [0.5, 0.6) is 0 Å². The number of rotatable bonds is 5. The van der Waals surface area contributed by atoms with Gasteiger partial charge >= 0.3 is 6.18 Å². The number of likely N-dealkylation sites (N-methyl/N-ethyl adjacent to an activating group) is 1. The van der Waals surface area contributed by atoms with Crippen LogP contribution in [0.15, 0.2) is 0 Å². The normalized spacial score (nSPS) is 13.7. The average Bonchev–Trinajstić information content (AvgIpc) is 2.12. The quantitative estimate of drug-likeness (QED) is 0.739. The molecule has 0 heterocycles. The van der Waals surface area contributed by atoms with Crippen LogP contribution in [0.25, 0.3) is 0 Å². The molecule has 0 saturated heterocycles. The van der Waals surface area contributed by atoms with Crippen molar-refractivity contribution < 1.29 is 22.7 Å². The van der Waals surface area contributed by atoms with Gasteiger partial charge in [-0.2, -0.15) is 13.2 Å². The number of methoxy groups -OCH3 is 1. The molecule has 90 valence electrons. The molecule has 0 aliphatic carbocycles. The zero-order chi connectivity index (χ0) is 12.1. The fourth-order valence-electron chi connectivity index (χ4n) is 0.939. The average molecular weight is 228 g/mol. The van der Waals surface area contributed by atoms with Gasteiger partial charge in [-0.25, -0.2) is 0 Å². The minimum absolute atomic E-state index is 0.00477. The van der Waals surface area contributed by atoms with Crippen molar-refractivity contribution in [2.75, 3.05) is 27.3 Å². The maximum Gasteiger partial charge on any atom is 0.390 e. The first-order valence-electron chi connectivity index (χ1n) is 4.34. The summed E-state index contributed by atoms with van der Waals surface area (Å²) in [6, 6.07) is -0.909. The molecule has 0 rings (SSSR count). The smallest absolute Gasteiger partial charge is 0.383 e. The van der Waals surface area contributed by atoms with Crippen molar-refractivity contribution in [1.29, 1.82) is 0 Å². The van der Waals surface area contributed by atoms with Crippen molar-refractivity contribution in [3.8, 4) is 0 Å². The Bertz CT molecular complexity index is 209. The Morgan fingerprint density at radius 2 is 2.07 bits per heavy atom. The Morgan fingerprint density at radius 3 is 2.47 bits per heavy atom. The van der Waals surface area contributed by atoms with Crippen LogP contribution in [0.4, 0.5) is 13.2 Å². The number of alkyl halides is 3. The highest BCUT2D eigenvalue weighted by molar-refractivity contribution is 5.81. The van der Waals surface area contributed by atoms with E-state index in [1.807, 2.05) is 0 Å². The number of hydrogen-bond donors (Lipinski definition) is 1. The monoisotopic (exact) mass is 228 g/mol. The molecule has 0 bridgehead atoms. The SMILES string of the molecule is COCC(N)C(=O)N(C)CCC(F)(F)F. The summed E-state index contributed by atoms with van der Waals surface area (Å²) >= 11 is 0. The Kier molecular flexibility index (Phi) is 5.59. The molecule has 0 spiro atoms. The van der Waals surface area contributed by atoms with E-state index >= 15 is 0 Å². The summed E-state index contributed by atoms with van der Waals surface area (Å²) in [5, 5.41) is 0. The third kappa shape index (κ3) is 6.29. The van der Waals surface area contributed by atoms with E-state index in [0.717, 1.165) is 4.90 Å². The summed E-state index contributed by atoms with van der Waals surface area (Å²) in [5.41, 5.74) is 5.37. The maximum absolute atomic E-state index is 11.8. The summed E-state index contributed by atoms with van der Waals surface area (Å²) in [6.45, 7) is -0.394. The number of carbonyl (C=O) groups is 1. The number of nitrogens with two attached hydrogens (primary N) is 1. The third-order valence-corrected chi connectivity index (χ3v) is 1.77. The molecule has 7 heteroatoms. The Morgan fingerprint density at radius 1 is 1.53 bits per heavy atom. The fourth-order valence-corrected chi connectivity index (χ4v) is 0.939. The first-order chi connectivity index (χ1) is 6.78. The predicted molar refractivity (Wildman–Crippen MR) is 48.2 cm³/mol. The van der Waals surface area contributed by atoms with Crippen LogP contribution >= 0.6 is 0 Å². The summed E-state index contributed by atoms with van der Waals surface area (Å²) in [5.74, 6) is -0.555. The van der Waals surface area contributed by atoms with Crippen LogP contribution < -0.4 is 5.73 Å². The molecule has 2 N–H and O–H groups in total. The molecule has 0 aliphatic rings. The van der Waals surface area contributed by atoms with Crippen molar-refractivity contribution in [1.82, 2.24) is 4.90 Å². The van der Waals surface area contributed by atoms with Crippen LogP contribution in [0.1, 0.15) is 6.42 Å². The van der Waals surface area contributed by atoms with Crippen LogP contribution in [-0.2, 0) is 9.53 Å². The Balaban J connectivity index is 3.99. The molecule has 4 nitrogen and oxygen atoms in total. The van der Waals surface area contributed by atoms with Gasteiger partial charge in [-0.15, -0.1) is 0 Å². The van der Waals surface area contributed by atoms with Crippen LogP contribution in [0.2, 0.25) is 0 Å². The van der Waals surface area contributed by atoms with E-state index in [0.29, 0.717) is 0 Å². The van der Waals surface area contributed by atoms with Gasteiger partial charge in [0, 0.05) is 20.7 Å². The molecule has 15 heavy (non-hydrogen) atoms. The fraction of sp³-hybridized carbons (Fsp3) is 0.875. The van der Waals surface area contributed by atoms with Gasteiger partial charge in [-0.3, -0.25) is 4.79 Å². The first kappa shape index (κ1) is 14.2. The number of nitrogens with zero attached hydrogens (tertiary/aromatic N) is 1. The lowest BCUT2D eigenvalue weighted by molar-refractivity contribution is -0.145. The molecule has 0 saturated carbocycles. The van der Waals surface area contributed by atoms with Crippen molar-refractivity contribution >= 4 is 5.91 Å². The summed E-state index contributed by atoms with van der Waals surface area (Å²) in [6.07, 6.45) is -5.30. The van der Waals surface area contributed by atoms with E-state index < -0.39 is 24.5 Å². The number of carbonyl (C=O) groups excluding carboxylic acids is 1. The van der Waals surface area contributed by atoms with Gasteiger partial charge in [0.15, 0.2) is 0 Å². The molecular weight excluding hydrogens is 213 g/mol. The van der Waals surface area contributed by atoms with Crippen molar-refractivity contribution in [3.05, 3.63) is 0 Å². The van der Waals surface area contributed by atoms with Crippen molar-refractivity contribution in [3.63, 3.8) is 0 Å². The highest BCUT2D eigenvalue weighted by atomic mass is 19.4. The van der Waals surface area contributed by atoms with E-state index in [4.69, 9.17) is 5.73 Å². The van der Waals surface area contributed by atoms with Crippen LogP contribution in [0, 0.1) is 0 Å². The highest BCUT2D eigenvalue weighted by Gasteiger charge is 2.28. The van der Waals surface area contributed by atoms with E-state index in [1.165, 1.54) is 14.2 Å². The van der Waals surface area contributed by atoms with Gasteiger partial charge in [0.05, 0.1) is 13.0 Å². The maximum atomic E-state index is 11.8. The summed E-state index contributed by atoms with van der Waals surface area (Å²) in [7, 11) is 2.65. The number of ether oxygens (including phenoxy) is 1. The van der Waals surface area contributed by atoms with E-state index in [9.17, 15) is 18.0 Å². The topological polar surface area (TPSA) is 55.6 Å². The first-order valence-corrected chi connectivity index (χ1v) is 4.34. The molecule has 1 atom stereocenters. The van der Waals surface area contributed by atoms with Crippen LogP contribution in [-0.4, -0.2) is 50.3 Å². The van der Waals surface area contributed by atoms with Gasteiger partial charge in [-0.1, -0.05) is 0 Å². The van der Waals surface area contributed by atoms with Crippen molar-refractivity contribution in [2.45, 2.75) is 18.6 Å². The highest BCUT2D eigenvalue weighted by Crippen LogP contribution is 2.19. The third-order valence-electron chi connectivity index (χ3n) is 1.77. The second kappa shape index (κ2) is 5.92. The van der Waals surface area contributed by atoms with Gasteiger partial charge in [0.1, 0.15) is 6.04 Å². The van der Waals surface area contributed by atoms with E-state index in [1.54, 1.807) is 0 Å². The molecule has 0 aromatic rings. The molecule has 0 aromatic carbocycles. The zero-order valence-corrected chi connectivity index (χ0v) is 8.67. The lowest BCUT2D eigenvalue weighted by atomic mass is 10.3. The number of halogens is 3. The zero-order valence-electron chi connectivity index (χ0n) is 8.67. The second-order valence-electron chi connectivity index (χ2n) is 3.19. The Labute approximate surface area is 86.2 Å². The predicted octanol–water partition coefficient (Wildman–Crippen LogP) is 0.371. The summed E-state index contributed by atoms with van der Waals surface area (Å²) in [4.78, 5) is 12.3. The van der Waals surface area contributed by atoms with Gasteiger partial charge in [0.25, 0.3) is 0 Å². The molecule has 0 aromatic heterocycles. The lowest BCUT2D eigenvalue weighted by Crippen LogP contribution is -2.45. The molecule has 1 unspecified atom stereocenters. The molecule has 1 amide bonds. The summed E-state index contributed by atoms with van der Waals surface area (Å²) < 4.78 is 40.1. The van der Waals surface area contributed by atoms with Crippen LogP contribution in [0.3, 0.4) is 0 Å².